The lowest BCUT2D eigenvalue weighted by atomic mass is 9.97. The maximum atomic E-state index is 12.6. The van der Waals surface area contributed by atoms with Crippen LogP contribution in [0.5, 0.6) is 0 Å². The first-order valence-corrected chi connectivity index (χ1v) is 16.0. The van der Waals surface area contributed by atoms with Gasteiger partial charge >= 0.3 is 5.97 Å². The van der Waals surface area contributed by atoms with E-state index in [-0.39, 0.29) is 61.4 Å². The maximum absolute atomic E-state index is 12.6. The zero-order chi connectivity index (χ0) is 33.9. The Hall–Kier alpha value is -4.11. The molecule has 0 atom stereocenters. The van der Waals surface area contributed by atoms with Crippen LogP contribution in [-0.4, -0.2) is 49.3 Å². The Labute approximate surface area is 269 Å². The van der Waals surface area contributed by atoms with Crippen LogP contribution in [0.4, 0.5) is 11.4 Å². The second kappa shape index (κ2) is 20.0. The third-order valence-electron chi connectivity index (χ3n) is 7.17. The number of amides is 4. The van der Waals surface area contributed by atoms with E-state index in [4.69, 9.17) is 6.15 Å². The van der Waals surface area contributed by atoms with Gasteiger partial charge in [-0.3, -0.25) is 29.1 Å². The van der Waals surface area contributed by atoms with Gasteiger partial charge in [-0.25, -0.2) is 0 Å². The highest BCUT2D eigenvalue weighted by molar-refractivity contribution is 7.02. The summed E-state index contributed by atoms with van der Waals surface area (Å²) < 4.78 is 11.3. The third-order valence-corrected chi connectivity index (χ3v) is 7.17. The van der Waals surface area contributed by atoms with Crippen molar-refractivity contribution in [3.05, 3.63) is 47.5 Å². The number of nitrogens with one attached hydrogen (secondary N) is 5. The molecule has 11 nitrogen and oxygen atoms in total. The number of hydrogen-bond acceptors (Lipinski definition) is 7. The maximum Gasteiger partial charge on any atom is 0.305 e. The summed E-state index contributed by atoms with van der Waals surface area (Å²) in [6, 6.07) is 11.3. The van der Waals surface area contributed by atoms with Gasteiger partial charge in [-0.1, -0.05) is 32.9 Å². The quantitative estimate of drug-likeness (QED) is 0.106. The van der Waals surface area contributed by atoms with Gasteiger partial charge in [0.15, 0.2) is 1.41 Å². The van der Waals surface area contributed by atoms with E-state index in [1.807, 2.05) is 50.2 Å². The number of carbonyl (C=O) groups excluding carboxylic acids is 5. The predicted octanol–water partition coefficient (Wildman–Crippen LogP) is 5.91. The minimum absolute atomic E-state index is 0.0558. The molecule has 5 N–H and O–H groups in total. The number of benzene rings is 2. The van der Waals surface area contributed by atoms with E-state index in [2.05, 4.69) is 35.5 Å². The topological polar surface area (TPSA) is 167 Å². The Kier molecular flexibility index (Phi) is 15.7. The van der Waals surface area contributed by atoms with E-state index < -0.39 is 0 Å². The monoisotopic (exact) mass is 640 g/mol. The standard InChI is InChI=1S/C33H44N4O6.H2NP/c1-4-17-34-29(38)9-7-11-31(40)36-22-13-15-24-25-16-14-23(37-32(41)12-8-10-30(39)35-18-5-2)20-27(25)28(26(24)19-22)21-43-33(42)6-3;1-2/h13-16,19-20,28H,4-12,17-18,21H2,1-3H3,(H,34,38)(H,35,39)(H,36,40)(H,37,41);1-2H/i/hD. The fourth-order valence-electron chi connectivity index (χ4n) is 4.95. The molecule has 0 unspecified atom stereocenters. The molecule has 0 aromatic heterocycles. The van der Waals surface area contributed by atoms with Gasteiger partial charge in [-0.05, 0) is 81.2 Å². The molecule has 3 rings (SSSR count). The van der Waals surface area contributed by atoms with Crippen LogP contribution in [0.1, 0.15) is 95.6 Å². The lowest BCUT2D eigenvalue weighted by Gasteiger charge is -2.16. The number of esters is 1. The molecule has 244 valence electrons. The van der Waals surface area contributed by atoms with E-state index in [9.17, 15) is 24.0 Å². The van der Waals surface area contributed by atoms with Gasteiger partial charge in [0.05, 0.1) is 0 Å². The molecule has 0 heterocycles. The normalized spacial score (nSPS) is 11.5. The first-order chi connectivity index (χ1) is 22.2. The Morgan fingerprint density at radius 2 is 1.18 bits per heavy atom. The van der Waals surface area contributed by atoms with Crippen molar-refractivity contribution < 1.29 is 30.1 Å². The zero-order valence-corrected chi connectivity index (χ0v) is 27.4. The average Bonchev–Trinajstić information content (AvgIpc) is 3.33. The van der Waals surface area contributed by atoms with Crippen LogP contribution in [0, 0.1) is 5.15 Å². The van der Waals surface area contributed by atoms with Gasteiger partial charge in [-0.15, -0.1) is 0 Å². The summed E-state index contributed by atoms with van der Waals surface area (Å²) in [5.41, 5.74) is 5.00. The van der Waals surface area contributed by atoms with Crippen LogP contribution in [0.15, 0.2) is 36.4 Å². The lowest BCUT2D eigenvalue weighted by Crippen LogP contribution is -2.24. The smallest absolute Gasteiger partial charge is 0.305 e. The number of ether oxygens (including phenoxy) is 1. The third kappa shape index (κ3) is 12.1. The molecule has 0 aliphatic heterocycles. The molecule has 2 aromatic carbocycles. The Morgan fingerprint density at radius 3 is 1.58 bits per heavy atom. The van der Waals surface area contributed by atoms with Crippen LogP contribution in [-0.2, 0) is 28.7 Å². The molecule has 1 aliphatic carbocycles. The molecule has 0 spiro atoms. The second-order valence-electron chi connectivity index (χ2n) is 10.7. The van der Waals surface area contributed by atoms with Crippen molar-refractivity contribution in [2.45, 2.75) is 84.5 Å². The minimum Gasteiger partial charge on any atom is -0.465 e. The van der Waals surface area contributed by atoms with Crippen molar-refractivity contribution in [2.75, 3.05) is 30.3 Å². The number of carbonyl (C=O) groups is 5. The molecule has 45 heavy (non-hydrogen) atoms. The Morgan fingerprint density at radius 1 is 0.756 bits per heavy atom. The van der Waals surface area contributed by atoms with Crippen LogP contribution < -0.4 is 21.3 Å². The number of hydrogen-bond donors (Lipinski definition) is 5. The molecule has 0 saturated heterocycles. The summed E-state index contributed by atoms with van der Waals surface area (Å²) in [7, 11) is 2.48. The van der Waals surface area contributed by atoms with Gasteiger partial charge in [0, 0.05) is 62.5 Å². The van der Waals surface area contributed by atoms with E-state index in [1.54, 1.807) is 6.92 Å². The minimum atomic E-state index is -0.310. The van der Waals surface area contributed by atoms with Crippen molar-refractivity contribution in [3.8, 4) is 11.1 Å². The Bertz CT molecular complexity index is 1280. The summed E-state index contributed by atoms with van der Waals surface area (Å²) in [5.74, 6) is -1.06. The summed E-state index contributed by atoms with van der Waals surface area (Å²) in [6.07, 6.45) is 3.93. The molecule has 2 aromatic rings. The number of anilines is 2. The van der Waals surface area contributed by atoms with Gasteiger partial charge in [0.1, 0.15) is 6.61 Å². The summed E-state index contributed by atoms with van der Waals surface area (Å²) in [5, 5.41) is 14.0. The van der Waals surface area contributed by atoms with E-state index in [0.717, 1.165) is 35.1 Å². The highest BCUT2D eigenvalue weighted by atomic mass is 31.0. The van der Waals surface area contributed by atoms with Crippen LogP contribution >= 0.6 is 9.03 Å². The van der Waals surface area contributed by atoms with Crippen molar-refractivity contribution in [1.82, 2.24) is 10.6 Å². The molecule has 0 bridgehead atoms. The van der Waals surface area contributed by atoms with E-state index in [0.29, 0.717) is 50.1 Å². The number of fused-ring (bicyclic) bond motifs is 3. The molecule has 0 saturated carbocycles. The van der Waals surface area contributed by atoms with Crippen molar-refractivity contribution in [2.24, 2.45) is 0 Å². The van der Waals surface area contributed by atoms with E-state index >= 15 is 0 Å². The molecular formula is C33H46N5O6P. The fourth-order valence-corrected chi connectivity index (χ4v) is 4.95. The average molecular weight is 641 g/mol. The lowest BCUT2D eigenvalue weighted by molar-refractivity contribution is -0.143. The summed E-state index contributed by atoms with van der Waals surface area (Å²) in [4.78, 5) is 60.9. The highest BCUT2D eigenvalue weighted by Crippen LogP contribution is 2.47. The molecule has 0 fully saturated rings. The fraction of sp³-hybridized carbons (Fsp3) is 0.485. The molecule has 4 amide bonds. The van der Waals surface area contributed by atoms with Gasteiger partial charge in [0.2, 0.25) is 23.6 Å². The van der Waals surface area contributed by atoms with Crippen molar-refractivity contribution >= 4 is 50.0 Å². The van der Waals surface area contributed by atoms with Crippen LogP contribution in [0.25, 0.3) is 11.1 Å². The van der Waals surface area contributed by atoms with Crippen LogP contribution in [0.2, 0.25) is 1.41 Å². The molecular weight excluding hydrogens is 593 g/mol. The zero-order valence-electron chi connectivity index (χ0n) is 27.4. The van der Waals surface area contributed by atoms with Crippen molar-refractivity contribution in [3.63, 3.8) is 0 Å². The van der Waals surface area contributed by atoms with Gasteiger partial charge in [-0.2, -0.15) is 0 Å². The van der Waals surface area contributed by atoms with Gasteiger partial charge < -0.3 is 26.0 Å². The molecule has 0 radical (unpaired) electrons. The van der Waals surface area contributed by atoms with E-state index in [1.165, 1.54) is 0 Å². The first kappa shape index (κ1) is 35.4. The SMILES string of the molecule is CCCNC(=O)CCCC(=O)Nc1ccc2c(c1)C(COC(=O)CC)c1cc(NC(=O)CCCC(=O)NCCC)ccc1-2.[2H]N=P. The number of rotatable bonds is 17. The Balaban J connectivity index is 0.00000236. The second-order valence-corrected chi connectivity index (χ2v) is 10.7. The predicted molar refractivity (Wildman–Crippen MR) is 178 cm³/mol. The van der Waals surface area contributed by atoms with Crippen molar-refractivity contribution in [1.29, 1.82) is 5.15 Å². The highest BCUT2D eigenvalue weighted by Gasteiger charge is 2.30. The molecule has 12 heteroatoms. The van der Waals surface area contributed by atoms with Gasteiger partial charge in [0.25, 0.3) is 0 Å². The summed E-state index contributed by atoms with van der Waals surface area (Å²) in [6.45, 7) is 7.09. The van der Waals surface area contributed by atoms with Crippen LogP contribution in [0.3, 0.4) is 0 Å². The molecule has 1 aliphatic rings. The first-order valence-electron chi connectivity index (χ1n) is 16.0. The largest absolute Gasteiger partial charge is 0.465 e. The summed E-state index contributed by atoms with van der Waals surface area (Å²) >= 11 is 0.